The zero-order valence-electron chi connectivity index (χ0n) is 10.8. The number of halogens is 3. The molecule has 2 aromatic rings. The molecule has 5 heteroatoms. The van der Waals surface area contributed by atoms with Gasteiger partial charge in [0.15, 0.2) is 0 Å². The van der Waals surface area contributed by atoms with Gasteiger partial charge in [0, 0.05) is 17.8 Å². The van der Waals surface area contributed by atoms with Crippen LogP contribution >= 0.6 is 23.2 Å². The summed E-state index contributed by atoms with van der Waals surface area (Å²) in [5, 5.41) is 3.77. The van der Waals surface area contributed by atoms with Gasteiger partial charge in [-0.15, -0.1) is 0 Å². The number of pyridine rings is 1. The number of rotatable bonds is 3. The molecule has 0 saturated carbocycles. The molecule has 1 N–H and O–H groups in total. The largest absolute Gasteiger partial charge is 0.379 e. The van der Waals surface area contributed by atoms with Gasteiger partial charge in [0.1, 0.15) is 11.0 Å². The minimum absolute atomic E-state index is 0.376. The molecule has 0 aliphatic rings. The van der Waals surface area contributed by atoms with E-state index in [0.29, 0.717) is 22.4 Å². The lowest BCUT2D eigenvalue weighted by Gasteiger charge is -2.07. The van der Waals surface area contributed by atoms with Gasteiger partial charge >= 0.3 is 0 Å². The predicted molar refractivity (Wildman–Crippen MR) is 79.3 cm³/mol. The Balaban J connectivity index is 0.000000861. The number of aromatic nitrogens is 1. The van der Waals surface area contributed by atoms with E-state index in [0.717, 1.165) is 5.56 Å². The summed E-state index contributed by atoms with van der Waals surface area (Å²) < 4.78 is 13.4. The van der Waals surface area contributed by atoms with Crippen LogP contribution in [-0.4, -0.2) is 4.98 Å². The molecule has 0 radical (unpaired) electrons. The van der Waals surface area contributed by atoms with Gasteiger partial charge in [0.05, 0.1) is 5.69 Å². The van der Waals surface area contributed by atoms with Gasteiger partial charge in [-0.1, -0.05) is 43.1 Å². The van der Waals surface area contributed by atoms with Crippen LogP contribution in [0.3, 0.4) is 0 Å². The summed E-state index contributed by atoms with van der Waals surface area (Å²) in [5.41, 5.74) is 1.33. The molecule has 1 aromatic heterocycles. The topological polar surface area (TPSA) is 24.9 Å². The summed E-state index contributed by atoms with van der Waals surface area (Å²) in [6, 6.07) is 8.02. The van der Waals surface area contributed by atoms with Crippen LogP contribution < -0.4 is 5.32 Å². The van der Waals surface area contributed by atoms with Crippen molar-refractivity contribution in [3.05, 3.63) is 58.1 Å². The molecule has 0 aliphatic heterocycles. The van der Waals surface area contributed by atoms with Gasteiger partial charge in [-0.25, -0.2) is 9.37 Å². The summed E-state index contributed by atoms with van der Waals surface area (Å²) in [6.07, 6.45) is 1.64. The SMILES string of the molecule is CC.Fc1cc(Cl)ccc1NCc1ccc(Cl)nc1. The first-order chi connectivity index (χ1) is 9.15. The van der Waals surface area contributed by atoms with E-state index in [-0.39, 0.29) is 5.82 Å². The number of nitrogens with one attached hydrogen (secondary N) is 1. The second-order valence-corrected chi connectivity index (χ2v) is 4.29. The van der Waals surface area contributed by atoms with E-state index in [9.17, 15) is 4.39 Å². The zero-order chi connectivity index (χ0) is 14.3. The van der Waals surface area contributed by atoms with Gasteiger partial charge < -0.3 is 5.32 Å². The lowest BCUT2D eigenvalue weighted by atomic mass is 10.2. The Bertz CT molecular complexity index is 515. The molecule has 1 heterocycles. The van der Waals surface area contributed by atoms with Crippen molar-refractivity contribution in [3.63, 3.8) is 0 Å². The summed E-state index contributed by atoms with van der Waals surface area (Å²) >= 11 is 11.3. The molecule has 2 rings (SSSR count). The third-order valence-corrected chi connectivity index (χ3v) is 2.66. The fourth-order valence-electron chi connectivity index (χ4n) is 1.34. The zero-order valence-corrected chi connectivity index (χ0v) is 12.3. The summed E-state index contributed by atoms with van der Waals surface area (Å²) in [5.74, 6) is -0.376. The Labute approximate surface area is 122 Å². The van der Waals surface area contributed by atoms with Crippen LogP contribution in [0.5, 0.6) is 0 Å². The third kappa shape index (κ3) is 5.05. The number of benzene rings is 1. The van der Waals surface area contributed by atoms with Gasteiger partial charge in [0.2, 0.25) is 0 Å². The maximum Gasteiger partial charge on any atom is 0.147 e. The molecule has 0 aliphatic carbocycles. The Morgan fingerprint density at radius 2 is 1.89 bits per heavy atom. The molecule has 19 heavy (non-hydrogen) atoms. The van der Waals surface area contributed by atoms with Crippen molar-refractivity contribution < 1.29 is 4.39 Å². The summed E-state index contributed by atoms with van der Waals surface area (Å²) in [4.78, 5) is 3.94. The first kappa shape index (κ1) is 15.7. The Kier molecular flexibility index (Phi) is 6.60. The van der Waals surface area contributed by atoms with E-state index >= 15 is 0 Å². The van der Waals surface area contributed by atoms with E-state index in [1.54, 1.807) is 24.4 Å². The molecule has 0 amide bonds. The van der Waals surface area contributed by atoms with Crippen LogP contribution in [0.1, 0.15) is 19.4 Å². The van der Waals surface area contributed by atoms with Crippen LogP contribution in [0, 0.1) is 5.82 Å². The number of hydrogen-bond acceptors (Lipinski definition) is 2. The van der Waals surface area contributed by atoms with E-state index in [1.165, 1.54) is 6.07 Å². The normalized spacial score (nSPS) is 9.53. The maximum atomic E-state index is 13.4. The minimum Gasteiger partial charge on any atom is -0.379 e. The van der Waals surface area contributed by atoms with Crippen molar-refractivity contribution in [1.82, 2.24) is 4.98 Å². The first-order valence-electron chi connectivity index (χ1n) is 5.94. The summed E-state index contributed by atoms with van der Waals surface area (Å²) in [7, 11) is 0. The predicted octanol–water partition coefficient (Wildman–Crippen LogP) is 5.17. The molecule has 102 valence electrons. The highest BCUT2D eigenvalue weighted by atomic mass is 35.5. The van der Waals surface area contributed by atoms with Gasteiger partial charge in [0.25, 0.3) is 0 Å². The van der Waals surface area contributed by atoms with E-state index in [4.69, 9.17) is 23.2 Å². The van der Waals surface area contributed by atoms with Gasteiger partial charge in [-0.3, -0.25) is 0 Å². The smallest absolute Gasteiger partial charge is 0.147 e. The van der Waals surface area contributed by atoms with Gasteiger partial charge in [-0.05, 0) is 29.8 Å². The van der Waals surface area contributed by atoms with E-state index in [1.807, 2.05) is 19.9 Å². The van der Waals surface area contributed by atoms with Crippen molar-refractivity contribution >= 4 is 28.9 Å². The number of nitrogens with zero attached hydrogens (tertiary/aromatic N) is 1. The molecule has 1 aromatic carbocycles. The molecule has 0 saturated heterocycles. The number of anilines is 1. The maximum absolute atomic E-state index is 13.4. The molecular weight excluding hydrogens is 286 g/mol. The van der Waals surface area contributed by atoms with Crippen LogP contribution in [0.25, 0.3) is 0 Å². The van der Waals surface area contributed by atoms with Crippen molar-refractivity contribution in [2.75, 3.05) is 5.32 Å². The minimum atomic E-state index is -0.376. The fourth-order valence-corrected chi connectivity index (χ4v) is 1.61. The van der Waals surface area contributed by atoms with E-state index in [2.05, 4.69) is 10.3 Å². The summed E-state index contributed by atoms with van der Waals surface area (Å²) in [6.45, 7) is 4.47. The van der Waals surface area contributed by atoms with Crippen molar-refractivity contribution in [1.29, 1.82) is 0 Å². The van der Waals surface area contributed by atoms with Gasteiger partial charge in [-0.2, -0.15) is 0 Å². The fraction of sp³-hybridized carbons (Fsp3) is 0.214. The molecule has 2 nitrogen and oxygen atoms in total. The van der Waals surface area contributed by atoms with Crippen LogP contribution in [0.2, 0.25) is 10.2 Å². The Morgan fingerprint density at radius 1 is 1.16 bits per heavy atom. The Hall–Kier alpha value is -1.32. The van der Waals surface area contributed by atoms with Crippen molar-refractivity contribution in [2.45, 2.75) is 20.4 Å². The first-order valence-corrected chi connectivity index (χ1v) is 6.70. The second-order valence-electron chi connectivity index (χ2n) is 3.47. The molecule has 0 spiro atoms. The number of hydrogen-bond donors (Lipinski definition) is 1. The third-order valence-electron chi connectivity index (χ3n) is 2.20. The average molecular weight is 301 g/mol. The van der Waals surface area contributed by atoms with Crippen molar-refractivity contribution in [3.8, 4) is 0 Å². The molecule has 0 atom stereocenters. The highest BCUT2D eigenvalue weighted by molar-refractivity contribution is 6.30. The average Bonchev–Trinajstić information content (AvgIpc) is 2.42. The van der Waals surface area contributed by atoms with Crippen molar-refractivity contribution in [2.24, 2.45) is 0 Å². The molecule has 0 unspecified atom stereocenters. The highest BCUT2D eigenvalue weighted by Crippen LogP contribution is 2.19. The lowest BCUT2D eigenvalue weighted by Crippen LogP contribution is -2.01. The second kappa shape index (κ2) is 7.97. The lowest BCUT2D eigenvalue weighted by molar-refractivity contribution is 0.630. The van der Waals surface area contributed by atoms with E-state index < -0.39 is 0 Å². The highest BCUT2D eigenvalue weighted by Gasteiger charge is 2.02. The monoisotopic (exact) mass is 300 g/mol. The standard InChI is InChI=1S/C12H9Cl2FN2.C2H6/c13-9-2-3-11(10(15)5-9)16-6-8-1-4-12(14)17-7-8;1-2/h1-5,7,16H,6H2;1-2H3. The molecule has 0 fully saturated rings. The Morgan fingerprint density at radius 3 is 2.47 bits per heavy atom. The molecule has 0 bridgehead atoms. The van der Waals surface area contributed by atoms with Crippen LogP contribution in [-0.2, 0) is 6.54 Å². The molecular formula is C14H15Cl2FN2. The van der Waals surface area contributed by atoms with Crippen LogP contribution in [0.15, 0.2) is 36.5 Å². The van der Waals surface area contributed by atoms with Crippen LogP contribution in [0.4, 0.5) is 10.1 Å². The quantitative estimate of drug-likeness (QED) is 0.791.